The Hall–Kier alpha value is -1.39. The maximum absolute atomic E-state index is 11.5. The third-order valence-corrected chi connectivity index (χ3v) is 3.69. The van der Waals surface area contributed by atoms with Crippen LogP contribution >= 0.6 is 0 Å². The molecule has 0 saturated carbocycles. The minimum Gasteiger partial charge on any atom is -0.225 e. The number of nitrogens with two attached hydrogens (primary N) is 1. The van der Waals surface area contributed by atoms with Crippen LogP contribution in [0, 0.1) is 5.41 Å². The van der Waals surface area contributed by atoms with Gasteiger partial charge in [-0.05, 0) is 11.6 Å². The lowest BCUT2D eigenvalue weighted by Crippen LogP contribution is -2.14. The maximum Gasteiger partial charge on any atom is 0.238 e. The van der Waals surface area contributed by atoms with Gasteiger partial charge < -0.3 is 0 Å². The van der Waals surface area contributed by atoms with Gasteiger partial charge in [0.25, 0.3) is 0 Å². The highest BCUT2D eigenvalue weighted by Crippen LogP contribution is 2.35. The molecule has 2 N–H and O–H groups in total. The average Bonchev–Trinajstić information content (AvgIpc) is 2.58. The van der Waals surface area contributed by atoms with E-state index in [0.29, 0.717) is 5.56 Å². The molecule has 0 spiro atoms. The zero-order valence-corrected chi connectivity index (χ0v) is 10.7. The minimum atomic E-state index is -3.68. The Bertz CT molecular complexity index is 610. The zero-order chi connectivity index (χ0) is 12.7. The molecule has 0 radical (unpaired) electrons. The summed E-state index contributed by atoms with van der Waals surface area (Å²) < 4.78 is 23.0. The highest BCUT2D eigenvalue weighted by atomic mass is 32.2. The first-order valence-corrected chi connectivity index (χ1v) is 6.88. The lowest BCUT2D eigenvalue weighted by atomic mass is 9.95. The van der Waals surface area contributed by atoms with Crippen LogP contribution in [0.1, 0.15) is 19.4 Å². The Morgan fingerprint density at radius 1 is 1.18 bits per heavy atom. The first-order valence-electron chi connectivity index (χ1n) is 5.34. The summed E-state index contributed by atoms with van der Waals surface area (Å²) in [5, 5.41) is 5.21. The molecule has 1 aliphatic carbocycles. The van der Waals surface area contributed by atoms with E-state index < -0.39 is 10.0 Å². The molecule has 0 unspecified atom stereocenters. The Morgan fingerprint density at radius 3 is 2.35 bits per heavy atom. The van der Waals surface area contributed by atoms with Crippen molar-refractivity contribution >= 4 is 15.6 Å². The third-order valence-electron chi connectivity index (χ3n) is 2.72. The molecule has 0 atom stereocenters. The molecule has 0 bridgehead atoms. The molecular weight excluding hydrogens is 234 g/mol. The van der Waals surface area contributed by atoms with Gasteiger partial charge in [0, 0.05) is 11.0 Å². The SMILES string of the molecule is CC1(C)C=CC(c2ccccc2S(N)(=O)=O)=C1. The molecule has 3 nitrogen and oxygen atoms in total. The fraction of sp³-hybridized carbons (Fsp3) is 0.231. The Balaban J connectivity index is 2.60. The monoisotopic (exact) mass is 249 g/mol. The second-order valence-electron chi connectivity index (χ2n) is 4.80. The number of hydrogen-bond donors (Lipinski definition) is 1. The van der Waals surface area contributed by atoms with Crippen molar-refractivity contribution in [2.45, 2.75) is 18.7 Å². The molecule has 0 saturated heterocycles. The van der Waals surface area contributed by atoms with E-state index in [2.05, 4.69) is 13.8 Å². The summed E-state index contributed by atoms with van der Waals surface area (Å²) in [7, 11) is -3.68. The molecule has 90 valence electrons. The van der Waals surface area contributed by atoms with Crippen LogP contribution in [0.5, 0.6) is 0 Å². The van der Waals surface area contributed by atoms with Crippen molar-refractivity contribution in [1.82, 2.24) is 0 Å². The van der Waals surface area contributed by atoms with Crippen LogP contribution in [0.3, 0.4) is 0 Å². The van der Waals surface area contributed by atoms with E-state index in [-0.39, 0.29) is 10.3 Å². The van der Waals surface area contributed by atoms with Gasteiger partial charge >= 0.3 is 0 Å². The van der Waals surface area contributed by atoms with E-state index in [1.807, 2.05) is 24.3 Å². The van der Waals surface area contributed by atoms with E-state index in [4.69, 9.17) is 5.14 Å². The quantitative estimate of drug-likeness (QED) is 0.874. The number of rotatable bonds is 2. The molecule has 0 aromatic heterocycles. The summed E-state index contributed by atoms with van der Waals surface area (Å²) in [6, 6.07) is 6.79. The molecular formula is C13H15NO2S. The number of hydrogen-bond acceptors (Lipinski definition) is 2. The van der Waals surface area contributed by atoms with Gasteiger partial charge in [-0.25, -0.2) is 13.6 Å². The first-order chi connectivity index (χ1) is 7.80. The molecule has 2 rings (SSSR count). The van der Waals surface area contributed by atoms with Crippen LogP contribution in [0.25, 0.3) is 5.57 Å². The van der Waals surface area contributed by atoms with Gasteiger partial charge in [-0.1, -0.05) is 50.3 Å². The summed E-state index contributed by atoms with van der Waals surface area (Å²) in [4.78, 5) is 0.175. The normalized spacial score (nSPS) is 18.2. The van der Waals surface area contributed by atoms with Crippen LogP contribution < -0.4 is 5.14 Å². The van der Waals surface area contributed by atoms with E-state index in [9.17, 15) is 8.42 Å². The second kappa shape index (κ2) is 3.82. The highest BCUT2D eigenvalue weighted by molar-refractivity contribution is 7.89. The molecule has 0 heterocycles. The highest BCUT2D eigenvalue weighted by Gasteiger charge is 2.21. The number of benzene rings is 1. The molecule has 0 amide bonds. The van der Waals surface area contributed by atoms with E-state index in [1.54, 1.807) is 12.1 Å². The predicted molar refractivity (Wildman–Crippen MR) is 68.7 cm³/mol. The predicted octanol–water partition coefficient (Wildman–Crippen LogP) is 2.31. The van der Waals surface area contributed by atoms with Crippen molar-refractivity contribution in [2.24, 2.45) is 10.6 Å². The van der Waals surface area contributed by atoms with Crippen molar-refractivity contribution in [2.75, 3.05) is 0 Å². The van der Waals surface area contributed by atoms with Crippen molar-refractivity contribution in [3.05, 3.63) is 48.1 Å². The van der Waals surface area contributed by atoms with Gasteiger partial charge in [-0.15, -0.1) is 0 Å². The Morgan fingerprint density at radius 2 is 1.82 bits per heavy atom. The van der Waals surface area contributed by atoms with Crippen molar-refractivity contribution in [3.63, 3.8) is 0 Å². The van der Waals surface area contributed by atoms with Crippen LogP contribution in [-0.2, 0) is 10.0 Å². The minimum absolute atomic E-state index is 0.0409. The summed E-state index contributed by atoms with van der Waals surface area (Å²) in [6.07, 6.45) is 6.02. The molecule has 0 aliphatic heterocycles. The van der Waals surface area contributed by atoms with E-state index in [1.165, 1.54) is 6.07 Å². The van der Waals surface area contributed by atoms with Crippen molar-refractivity contribution in [3.8, 4) is 0 Å². The van der Waals surface area contributed by atoms with Gasteiger partial charge in [0.15, 0.2) is 0 Å². The van der Waals surface area contributed by atoms with Crippen molar-refractivity contribution < 1.29 is 8.42 Å². The largest absolute Gasteiger partial charge is 0.238 e. The molecule has 1 aromatic rings. The smallest absolute Gasteiger partial charge is 0.225 e. The lowest BCUT2D eigenvalue weighted by molar-refractivity contribution is 0.597. The van der Waals surface area contributed by atoms with Gasteiger partial charge in [0.2, 0.25) is 10.0 Å². The summed E-state index contributed by atoms with van der Waals surface area (Å²) in [5.74, 6) is 0. The second-order valence-corrected chi connectivity index (χ2v) is 6.33. The van der Waals surface area contributed by atoms with Crippen LogP contribution in [0.4, 0.5) is 0 Å². The van der Waals surface area contributed by atoms with Gasteiger partial charge in [0.1, 0.15) is 0 Å². The van der Waals surface area contributed by atoms with E-state index in [0.717, 1.165) is 5.57 Å². The Labute approximate surface area is 102 Å². The standard InChI is InChI=1S/C13H15NO2S/c1-13(2)8-7-10(9-13)11-5-3-4-6-12(11)17(14,15)16/h3-9H,1-2H3,(H2,14,15,16). The molecule has 17 heavy (non-hydrogen) atoms. The van der Waals surface area contributed by atoms with Gasteiger partial charge in [-0.2, -0.15) is 0 Å². The number of sulfonamides is 1. The Kier molecular flexibility index (Phi) is 2.72. The van der Waals surface area contributed by atoms with Crippen LogP contribution in [-0.4, -0.2) is 8.42 Å². The molecule has 4 heteroatoms. The fourth-order valence-electron chi connectivity index (χ4n) is 1.92. The summed E-state index contributed by atoms with van der Waals surface area (Å²) in [6.45, 7) is 4.13. The van der Waals surface area contributed by atoms with Gasteiger partial charge in [-0.3, -0.25) is 0 Å². The van der Waals surface area contributed by atoms with Gasteiger partial charge in [0.05, 0.1) is 4.90 Å². The number of allylic oxidation sites excluding steroid dienone is 4. The molecule has 1 aromatic carbocycles. The van der Waals surface area contributed by atoms with E-state index >= 15 is 0 Å². The number of primary sulfonamides is 1. The average molecular weight is 249 g/mol. The molecule has 0 fully saturated rings. The first kappa shape index (κ1) is 12.1. The summed E-state index contributed by atoms with van der Waals surface area (Å²) >= 11 is 0. The van der Waals surface area contributed by atoms with Crippen molar-refractivity contribution in [1.29, 1.82) is 0 Å². The molecule has 1 aliphatic rings. The third kappa shape index (κ3) is 2.48. The maximum atomic E-state index is 11.5. The lowest BCUT2D eigenvalue weighted by Gasteiger charge is -2.11. The topological polar surface area (TPSA) is 60.2 Å². The zero-order valence-electron chi connectivity index (χ0n) is 9.84. The van der Waals surface area contributed by atoms with Crippen LogP contribution in [0.15, 0.2) is 47.4 Å². The van der Waals surface area contributed by atoms with Crippen LogP contribution in [0.2, 0.25) is 0 Å². The summed E-state index contributed by atoms with van der Waals surface area (Å²) in [5.41, 5.74) is 1.53. The fourth-order valence-corrected chi connectivity index (χ4v) is 2.68.